The largest absolute Gasteiger partial charge is 0.395 e. The van der Waals surface area contributed by atoms with Gasteiger partial charge in [0, 0.05) is 19.6 Å². The fraction of sp³-hybridized carbons (Fsp3) is 0.833. The van der Waals surface area contributed by atoms with Gasteiger partial charge in [-0.3, -0.25) is 4.90 Å². The van der Waals surface area contributed by atoms with E-state index in [2.05, 4.69) is 30.6 Å². The molecule has 0 bridgehead atoms. The molecule has 90 valence electrons. The molecule has 0 saturated heterocycles. The van der Waals surface area contributed by atoms with Gasteiger partial charge in [-0.1, -0.05) is 20.4 Å². The van der Waals surface area contributed by atoms with Crippen LogP contribution in [0.1, 0.15) is 26.7 Å². The molecule has 0 aliphatic rings. The first kappa shape index (κ1) is 14.6. The van der Waals surface area contributed by atoms with Gasteiger partial charge in [0.05, 0.1) is 6.61 Å². The normalized spacial score (nSPS) is 10.9. The minimum Gasteiger partial charge on any atom is -0.395 e. The Bertz CT molecular complexity index is 154. The van der Waals surface area contributed by atoms with E-state index in [1.165, 1.54) is 5.57 Å². The van der Waals surface area contributed by atoms with Gasteiger partial charge in [-0.15, -0.1) is 0 Å². The molecule has 0 unspecified atom stereocenters. The van der Waals surface area contributed by atoms with Gasteiger partial charge in [0.25, 0.3) is 0 Å². The fourth-order valence-corrected chi connectivity index (χ4v) is 1.54. The van der Waals surface area contributed by atoms with Crippen molar-refractivity contribution in [3.8, 4) is 0 Å². The average molecular weight is 214 g/mol. The third-order valence-corrected chi connectivity index (χ3v) is 2.21. The van der Waals surface area contributed by atoms with Crippen LogP contribution in [0.25, 0.3) is 0 Å². The molecule has 0 amide bonds. The topological polar surface area (TPSA) is 35.5 Å². The van der Waals surface area contributed by atoms with E-state index >= 15 is 0 Å². The van der Waals surface area contributed by atoms with Gasteiger partial charge < -0.3 is 10.4 Å². The summed E-state index contributed by atoms with van der Waals surface area (Å²) in [6.07, 6.45) is 2.28. The van der Waals surface area contributed by atoms with Crippen LogP contribution in [0.2, 0.25) is 0 Å². The summed E-state index contributed by atoms with van der Waals surface area (Å²) in [5, 5.41) is 12.2. The predicted octanol–water partition coefficient (Wildman–Crippen LogP) is 1.25. The molecule has 0 spiro atoms. The van der Waals surface area contributed by atoms with Crippen molar-refractivity contribution in [1.82, 2.24) is 10.2 Å². The van der Waals surface area contributed by atoms with E-state index in [-0.39, 0.29) is 6.61 Å². The number of hydrogen-bond acceptors (Lipinski definition) is 3. The quantitative estimate of drug-likeness (QED) is 0.424. The molecule has 0 saturated carbocycles. The number of nitrogens with one attached hydrogen (secondary N) is 1. The lowest BCUT2D eigenvalue weighted by Crippen LogP contribution is -2.32. The number of rotatable bonds is 10. The highest BCUT2D eigenvalue weighted by atomic mass is 16.3. The van der Waals surface area contributed by atoms with Crippen LogP contribution in [0.5, 0.6) is 0 Å². The zero-order valence-corrected chi connectivity index (χ0v) is 10.3. The van der Waals surface area contributed by atoms with E-state index in [1.807, 2.05) is 0 Å². The summed E-state index contributed by atoms with van der Waals surface area (Å²) in [5.74, 6) is 0. The van der Waals surface area contributed by atoms with E-state index in [1.54, 1.807) is 0 Å². The van der Waals surface area contributed by atoms with Gasteiger partial charge in [-0.05, 0) is 31.5 Å². The second-order valence-electron chi connectivity index (χ2n) is 3.93. The molecule has 3 nitrogen and oxygen atoms in total. The molecule has 0 heterocycles. The first-order valence-corrected chi connectivity index (χ1v) is 5.95. The van der Waals surface area contributed by atoms with Crippen LogP contribution in [-0.2, 0) is 0 Å². The lowest BCUT2D eigenvalue weighted by Gasteiger charge is -2.21. The minimum atomic E-state index is 0.232. The van der Waals surface area contributed by atoms with Gasteiger partial charge in [0.1, 0.15) is 0 Å². The standard InChI is InChI=1S/C12H26N2O/c1-4-6-13-10-12(3)11-14(7-5-2)8-9-15/h13,15H,3-11H2,1-2H3. The van der Waals surface area contributed by atoms with Crippen molar-refractivity contribution in [3.63, 3.8) is 0 Å². The Kier molecular flexibility index (Phi) is 9.89. The highest BCUT2D eigenvalue weighted by Gasteiger charge is 2.04. The van der Waals surface area contributed by atoms with Crippen LogP contribution < -0.4 is 5.32 Å². The SMILES string of the molecule is C=C(CNCCC)CN(CCC)CCO. The Morgan fingerprint density at radius 1 is 1.27 bits per heavy atom. The molecule has 2 N–H and O–H groups in total. The van der Waals surface area contributed by atoms with Crippen molar-refractivity contribution >= 4 is 0 Å². The average Bonchev–Trinajstić information content (AvgIpc) is 2.19. The van der Waals surface area contributed by atoms with Crippen molar-refractivity contribution in [2.24, 2.45) is 0 Å². The fourth-order valence-electron chi connectivity index (χ4n) is 1.54. The Hall–Kier alpha value is -0.380. The van der Waals surface area contributed by atoms with Gasteiger partial charge in [0.15, 0.2) is 0 Å². The Morgan fingerprint density at radius 3 is 2.53 bits per heavy atom. The molecule has 0 rings (SSSR count). The lowest BCUT2D eigenvalue weighted by atomic mass is 10.2. The molecule has 0 aliphatic heterocycles. The third-order valence-electron chi connectivity index (χ3n) is 2.21. The number of hydrogen-bond donors (Lipinski definition) is 2. The second kappa shape index (κ2) is 10.1. The van der Waals surface area contributed by atoms with E-state index in [0.717, 1.165) is 45.6 Å². The molecule has 0 radical (unpaired) electrons. The van der Waals surface area contributed by atoms with E-state index in [9.17, 15) is 0 Å². The van der Waals surface area contributed by atoms with Crippen molar-refractivity contribution in [2.75, 3.05) is 39.3 Å². The summed E-state index contributed by atoms with van der Waals surface area (Å²) < 4.78 is 0. The smallest absolute Gasteiger partial charge is 0.0558 e. The molecule has 0 aromatic rings. The van der Waals surface area contributed by atoms with Crippen LogP contribution in [0.4, 0.5) is 0 Å². The third kappa shape index (κ3) is 8.60. The summed E-state index contributed by atoms with van der Waals surface area (Å²) >= 11 is 0. The molecular weight excluding hydrogens is 188 g/mol. The molecule has 0 aromatic carbocycles. The first-order valence-electron chi connectivity index (χ1n) is 5.95. The number of nitrogens with zero attached hydrogens (tertiary/aromatic N) is 1. The second-order valence-corrected chi connectivity index (χ2v) is 3.93. The number of aliphatic hydroxyl groups is 1. The van der Waals surface area contributed by atoms with Gasteiger partial charge >= 0.3 is 0 Å². The zero-order chi connectivity index (χ0) is 11.5. The lowest BCUT2D eigenvalue weighted by molar-refractivity contribution is 0.205. The van der Waals surface area contributed by atoms with E-state index < -0.39 is 0 Å². The summed E-state index contributed by atoms with van der Waals surface area (Å²) in [7, 11) is 0. The molecular formula is C12H26N2O. The van der Waals surface area contributed by atoms with Crippen molar-refractivity contribution in [3.05, 3.63) is 12.2 Å². The Balaban J connectivity index is 3.67. The molecule has 15 heavy (non-hydrogen) atoms. The first-order chi connectivity index (χ1) is 7.24. The van der Waals surface area contributed by atoms with Crippen molar-refractivity contribution in [2.45, 2.75) is 26.7 Å². The highest BCUT2D eigenvalue weighted by Crippen LogP contribution is 1.97. The van der Waals surface area contributed by atoms with Crippen molar-refractivity contribution < 1.29 is 5.11 Å². The van der Waals surface area contributed by atoms with Crippen LogP contribution in [-0.4, -0.2) is 49.3 Å². The summed E-state index contributed by atoms with van der Waals surface area (Å²) in [6.45, 7) is 13.2. The van der Waals surface area contributed by atoms with Crippen molar-refractivity contribution in [1.29, 1.82) is 0 Å². The molecule has 0 fully saturated rings. The molecule has 0 atom stereocenters. The van der Waals surface area contributed by atoms with Crippen LogP contribution in [0, 0.1) is 0 Å². The van der Waals surface area contributed by atoms with Crippen LogP contribution in [0.3, 0.4) is 0 Å². The van der Waals surface area contributed by atoms with Gasteiger partial charge in [-0.2, -0.15) is 0 Å². The molecule has 0 aliphatic carbocycles. The van der Waals surface area contributed by atoms with Crippen LogP contribution >= 0.6 is 0 Å². The number of aliphatic hydroxyl groups excluding tert-OH is 1. The van der Waals surface area contributed by atoms with E-state index in [0.29, 0.717) is 0 Å². The highest BCUT2D eigenvalue weighted by molar-refractivity contribution is 4.99. The zero-order valence-electron chi connectivity index (χ0n) is 10.3. The van der Waals surface area contributed by atoms with Crippen LogP contribution in [0.15, 0.2) is 12.2 Å². The predicted molar refractivity (Wildman–Crippen MR) is 66.1 cm³/mol. The maximum absolute atomic E-state index is 8.90. The van der Waals surface area contributed by atoms with Gasteiger partial charge in [0.2, 0.25) is 0 Å². The van der Waals surface area contributed by atoms with E-state index in [4.69, 9.17) is 5.11 Å². The maximum Gasteiger partial charge on any atom is 0.0558 e. The molecule has 3 heteroatoms. The van der Waals surface area contributed by atoms with Gasteiger partial charge in [-0.25, -0.2) is 0 Å². The Morgan fingerprint density at radius 2 is 2.00 bits per heavy atom. The summed E-state index contributed by atoms with van der Waals surface area (Å²) in [5.41, 5.74) is 1.20. The summed E-state index contributed by atoms with van der Waals surface area (Å²) in [6, 6.07) is 0. The maximum atomic E-state index is 8.90. The monoisotopic (exact) mass is 214 g/mol. The molecule has 0 aromatic heterocycles. The minimum absolute atomic E-state index is 0.232. The summed E-state index contributed by atoms with van der Waals surface area (Å²) in [4.78, 5) is 2.25. The Labute approximate surface area is 94.2 Å².